The molecule has 5 N–H and O–H groups in total. The summed E-state index contributed by atoms with van der Waals surface area (Å²) in [6.07, 6.45) is 5.57. The summed E-state index contributed by atoms with van der Waals surface area (Å²) in [6.45, 7) is 2.29. The van der Waals surface area contributed by atoms with Crippen LogP contribution in [0.4, 0.5) is 4.79 Å². The summed E-state index contributed by atoms with van der Waals surface area (Å²) >= 11 is 0. The molecule has 0 radical (unpaired) electrons. The number of ether oxygens (including phenoxy) is 4. The van der Waals surface area contributed by atoms with Crippen molar-refractivity contribution in [3.05, 3.63) is 0 Å². The van der Waals surface area contributed by atoms with Crippen molar-refractivity contribution >= 4 is 17.9 Å². The molecule has 0 atom stereocenters. The van der Waals surface area contributed by atoms with E-state index >= 15 is 0 Å². The normalized spacial score (nSPS) is 32.1. The van der Waals surface area contributed by atoms with E-state index in [4.69, 9.17) is 29.8 Å². The smallest absolute Gasteiger partial charge is 0.323 e. The average Bonchev–Trinajstić information content (AvgIpc) is 3.04. The number of imide groups is 1. The number of methoxy groups -OCH3 is 2. The van der Waals surface area contributed by atoms with Gasteiger partial charge in [0.25, 0.3) is 5.91 Å². The molecule has 3 fully saturated rings. The lowest BCUT2D eigenvalue weighted by Gasteiger charge is -2.34. The van der Waals surface area contributed by atoms with Crippen molar-refractivity contribution in [3.63, 3.8) is 0 Å². The van der Waals surface area contributed by atoms with Gasteiger partial charge in [-0.1, -0.05) is 0 Å². The van der Waals surface area contributed by atoms with Crippen LogP contribution >= 0.6 is 0 Å². The van der Waals surface area contributed by atoms with E-state index in [1.807, 2.05) is 0 Å². The number of rotatable bonds is 9. The van der Waals surface area contributed by atoms with E-state index < -0.39 is 17.0 Å². The Labute approximate surface area is 188 Å². The molecule has 184 valence electrons. The number of nitrogens with two attached hydrogens (primary N) is 1. The van der Waals surface area contributed by atoms with Crippen LogP contribution in [0.25, 0.3) is 0 Å². The Hall–Kier alpha value is -1.79. The van der Waals surface area contributed by atoms with Gasteiger partial charge in [0.05, 0.1) is 38.6 Å². The fourth-order valence-electron chi connectivity index (χ4n) is 4.21. The predicted molar refractivity (Wildman–Crippen MR) is 114 cm³/mol. The number of hydrogen-bond acceptors (Lipinski definition) is 8. The molecule has 1 heterocycles. The molecule has 1 saturated heterocycles. The molecule has 32 heavy (non-hydrogen) atoms. The monoisotopic (exact) mass is 459 g/mol. The van der Waals surface area contributed by atoms with Crippen molar-refractivity contribution in [2.75, 3.05) is 40.6 Å². The van der Waals surface area contributed by atoms with Crippen LogP contribution in [0.3, 0.4) is 0 Å². The summed E-state index contributed by atoms with van der Waals surface area (Å²) in [5.74, 6) is -1.10. The third kappa shape index (κ3) is 7.38. The van der Waals surface area contributed by atoms with Crippen molar-refractivity contribution in [2.45, 2.75) is 74.7 Å². The topological polar surface area (TPSA) is 158 Å². The maximum absolute atomic E-state index is 11.7. The summed E-state index contributed by atoms with van der Waals surface area (Å²) < 4.78 is 20.9. The largest absolute Gasteiger partial charge is 0.480 e. The first kappa shape index (κ1) is 26.5. The van der Waals surface area contributed by atoms with Crippen LogP contribution in [0.15, 0.2) is 0 Å². The summed E-state index contributed by atoms with van der Waals surface area (Å²) in [5.41, 5.74) is 4.02. The van der Waals surface area contributed by atoms with Crippen molar-refractivity contribution < 1.29 is 38.4 Å². The van der Waals surface area contributed by atoms with Crippen LogP contribution in [0.2, 0.25) is 0 Å². The molecule has 3 amide bonds. The molecule has 3 rings (SSSR count). The molecule has 0 aromatic heterocycles. The number of hydrogen-bond donors (Lipinski definition) is 4. The van der Waals surface area contributed by atoms with Crippen molar-refractivity contribution in [3.8, 4) is 0 Å². The minimum Gasteiger partial charge on any atom is -0.480 e. The SMILES string of the molecule is COCCOC1CCC(N)(C(=O)O)CC1.COCCOC1CCC2(CC1)NC(=O)NC2=O. The lowest BCUT2D eigenvalue weighted by molar-refractivity contribution is -0.146. The van der Waals surface area contributed by atoms with Crippen molar-refractivity contribution in [2.24, 2.45) is 5.73 Å². The summed E-state index contributed by atoms with van der Waals surface area (Å²) in [5, 5.41) is 13.9. The standard InChI is InChI=1S/C11H18N2O4.C10H19NO4/c1-16-6-7-17-8-2-4-11(5-3-8)9(14)12-10(15)13-11;1-14-6-7-15-8-2-4-10(11,5-3-8)9(12)13/h8H,2-7H2,1H3,(H2,12,13,14,15);8H,2-7,11H2,1H3,(H,12,13). The minimum atomic E-state index is -1.04. The van der Waals surface area contributed by atoms with Gasteiger partial charge in [-0.3, -0.25) is 14.9 Å². The van der Waals surface area contributed by atoms with Gasteiger partial charge in [-0.05, 0) is 51.4 Å². The van der Waals surface area contributed by atoms with Gasteiger partial charge in [-0.15, -0.1) is 0 Å². The molecule has 11 nitrogen and oxygen atoms in total. The Balaban J connectivity index is 0.000000229. The molecule has 2 aliphatic carbocycles. The number of carboxylic acids is 1. The van der Waals surface area contributed by atoms with E-state index in [9.17, 15) is 14.4 Å². The fourth-order valence-corrected chi connectivity index (χ4v) is 4.21. The van der Waals surface area contributed by atoms with Crippen LogP contribution in [0.5, 0.6) is 0 Å². The third-order valence-electron chi connectivity index (χ3n) is 6.33. The molecular formula is C21H37N3O8. The number of urea groups is 1. The zero-order valence-corrected chi connectivity index (χ0v) is 19.0. The van der Waals surface area contributed by atoms with E-state index in [0.717, 1.165) is 12.8 Å². The van der Waals surface area contributed by atoms with Gasteiger partial charge in [0.1, 0.15) is 11.1 Å². The third-order valence-corrected chi connectivity index (χ3v) is 6.33. The van der Waals surface area contributed by atoms with Gasteiger partial charge >= 0.3 is 12.0 Å². The number of nitrogens with one attached hydrogen (secondary N) is 2. The van der Waals surface area contributed by atoms with Gasteiger partial charge in [0.15, 0.2) is 0 Å². The first-order valence-corrected chi connectivity index (χ1v) is 11.1. The molecule has 0 aromatic rings. The van der Waals surface area contributed by atoms with E-state index in [2.05, 4.69) is 10.6 Å². The molecule has 0 unspecified atom stereocenters. The van der Waals surface area contributed by atoms with Crippen LogP contribution in [-0.4, -0.2) is 86.9 Å². The van der Waals surface area contributed by atoms with Crippen molar-refractivity contribution in [1.82, 2.24) is 10.6 Å². The number of carboxylic acid groups (broad SMARTS) is 1. The summed E-state index contributed by atoms with van der Waals surface area (Å²) in [4.78, 5) is 33.7. The van der Waals surface area contributed by atoms with E-state index in [0.29, 0.717) is 65.0 Å². The minimum absolute atomic E-state index is 0.135. The highest BCUT2D eigenvalue weighted by Crippen LogP contribution is 2.32. The molecule has 0 aromatic carbocycles. The van der Waals surface area contributed by atoms with Crippen LogP contribution in [-0.2, 0) is 28.5 Å². The highest BCUT2D eigenvalue weighted by molar-refractivity contribution is 6.07. The molecule has 2 saturated carbocycles. The van der Waals surface area contributed by atoms with E-state index in [-0.39, 0.29) is 24.1 Å². The lowest BCUT2D eigenvalue weighted by atomic mass is 9.80. The Morgan fingerprint density at radius 3 is 1.78 bits per heavy atom. The van der Waals surface area contributed by atoms with Crippen LogP contribution in [0.1, 0.15) is 51.4 Å². The zero-order valence-electron chi connectivity index (χ0n) is 19.0. The highest BCUT2D eigenvalue weighted by atomic mass is 16.5. The van der Waals surface area contributed by atoms with Crippen molar-refractivity contribution in [1.29, 1.82) is 0 Å². The van der Waals surface area contributed by atoms with Gasteiger partial charge in [-0.25, -0.2) is 4.79 Å². The van der Waals surface area contributed by atoms with Crippen LogP contribution < -0.4 is 16.4 Å². The van der Waals surface area contributed by atoms with Gasteiger partial charge in [0.2, 0.25) is 0 Å². The molecule has 11 heteroatoms. The predicted octanol–water partition coefficient (Wildman–Crippen LogP) is 0.544. The van der Waals surface area contributed by atoms with Gasteiger partial charge in [0, 0.05) is 14.2 Å². The summed E-state index contributed by atoms with van der Waals surface area (Å²) in [6, 6.07) is -0.381. The second-order valence-electron chi connectivity index (χ2n) is 8.58. The fraction of sp³-hybridized carbons (Fsp3) is 0.857. The highest BCUT2D eigenvalue weighted by Gasteiger charge is 2.48. The maximum Gasteiger partial charge on any atom is 0.323 e. The number of carbonyl (C=O) groups excluding carboxylic acids is 2. The second kappa shape index (κ2) is 12.4. The Kier molecular flexibility index (Phi) is 10.3. The van der Waals surface area contributed by atoms with E-state index in [1.165, 1.54) is 0 Å². The van der Waals surface area contributed by atoms with Gasteiger partial charge < -0.3 is 35.1 Å². The molecule has 1 spiro atoms. The Morgan fingerprint density at radius 1 is 0.938 bits per heavy atom. The molecule has 0 bridgehead atoms. The Morgan fingerprint density at radius 2 is 1.41 bits per heavy atom. The van der Waals surface area contributed by atoms with Crippen LogP contribution in [0, 0.1) is 0 Å². The Bertz CT molecular complexity index is 629. The first-order chi connectivity index (χ1) is 15.2. The lowest BCUT2D eigenvalue weighted by Crippen LogP contribution is -2.51. The quantitative estimate of drug-likeness (QED) is 0.285. The summed E-state index contributed by atoms with van der Waals surface area (Å²) in [7, 11) is 3.26. The molecular weight excluding hydrogens is 422 g/mol. The van der Waals surface area contributed by atoms with E-state index in [1.54, 1.807) is 14.2 Å². The number of amides is 3. The molecule has 3 aliphatic rings. The maximum atomic E-state index is 11.7. The number of aliphatic carboxylic acids is 1. The second-order valence-corrected chi connectivity index (χ2v) is 8.58. The zero-order chi connectivity index (χ0) is 23.6. The number of carbonyl (C=O) groups is 3. The molecule has 1 aliphatic heterocycles. The van der Waals surface area contributed by atoms with Gasteiger partial charge in [-0.2, -0.15) is 0 Å². The first-order valence-electron chi connectivity index (χ1n) is 11.1. The average molecular weight is 460 g/mol.